The molecule has 3 N–H and O–H groups in total. The van der Waals surface area contributed by atoms with Crippen molar-refractivity contribution in [3.63, 3.8) is 0 Å². The first kappa shape index (κ1) is 55.0. The fourth-order valence-corrected chi connectivity index (χ4v) is 20.6. The fraction of sp³-hybridized carbons (Fsp3) is 0.279. The van der Waals surface area contributed by atoms with Crippen LogP contribution >= 0.6 is 79.4 Å². The highest BCUT2D eigenvalue weighted by Crippen LogP contribution is 2.69. The van der Waals surface area contributed by atoms with Crippen LogP contribution < -0.4 is 76.4 Å². The van der Waals surface area contributed by atoms with E-state index in [0.29, 0.717) is 131 Å². The number of carbonyl (C=O) groups is 2. The average Bonchev–Trinajstić information content (AvgIpc) is 1.70. The largest absolute Gasteiger partial charge is 0.486 e. The van der Waals surface area contributed by atoms with E-state index in [9.17, 15) is 19.8 Å². The Bertz CT molecular complexity index is 4660. The van der Waals surface area contributed by atoms with Gasteiger partial charge in [-0.2, -0.15) is 0 Å². The van der Waals surface area contributed by atoms with Gasteiger partial charge in [0.25, 0.3) is 0 Å². The maximum absolute atomic E-state index is 12.1. The Morgan fingerprint density at radius 1 is 0.511 bits per heavy atom. The molecule has 0 bridgehead atoms. The number of hydrogen-bond donors (Lipinski definition) is 3. The summed E-state index contributed by atoms with van der Waals surface area (Å²) in [7, 11) is 0. The third-order valence-electron chi connectivity index (χ3n) is 15.4. The summed E-state index contributed by atoms with van der Waals surface area (Å²) in [6, 6.07) is 15.4. The Morgan fingerprint density at radius 3 is 1.31 bits per heavy atom. The van der Waals surface area contributed by atoms with Crippen LogP contribution in [0.15, 0.2) is 42.5 Å². The number of thiazole rings is 1. The summed E-state index contributed by atoms with van der Waals surface area (Å²) in [4.78, 5) is 38.9. The van der Waals surface area contributed by atoms with E-state index < -0.39 is 24.2 Å². The highest BCUT2D eigenvalue weighted by molar-refractivity contribution is 7.32. The Labute approximate surface area is 527 Å². The highest BCUT2D eigenvalue weighted by Gasteiger charge is 2.41. The summed E-state index contributed by atoms with van der Waals surface area (Å²) < 4.78 is 79.3. The molecule has 0 saturated heterocycles. The predicted octanol–water partition coefficient (Wildman–Crippen LogP) is 11.3. The molecule has 0 radical (unpaired) electrons. The van der Waals surface area contributed by atoms with Crippen molar-refractivity contribution in [2.45, 2.75) is 26.3 Å². The number of nitrogens with one attached hydrogen (secondary N) is 1. The van der Waals surface area contributed by atoms with Crippen LogP contribution in [0.2, 0.25) is 0 Å². The molecule has 7 aromatic heterocycles. The first-order chi connectivity index (χ1) is 43.1. The summed E-state index contributed by atoms with van der Waals surface area (Å²) in [5, 5.41) is 28.6. The summed E-state index contributed by atoms with van der Waals surface area (Å²) in [5.74, 6) is 3.88. The molecule has 0 unspecified atom stereocenters. The SMILES string of the molecule is [C-]#[N+]C(C(=O)O)=c1sc(=Cc2sc(-c3sc(-c4sc(-c5sc(-c6sc(-c7sc(-c8ccc9c(c8)CCc8ccccc8N9CC)c8c7OCCO8)c7c6OCCO7)c6c5OCCO6)c5c4OCCO5)c4c3OCCO4)c3c2OCCO3)c(=N)n1CC(=O)O. The molecule has 0 spiro atoms. The van der Waals surface area contributed by atoms with Crippen LogP contribution in [0, 0.1) is 12.0 Å². The summed E-state index contributed by atoms with van der Waals surface area (Å²) in [5.41, 5.74) is 5.17. The number of hydrogen-bond acceptors (Lipinski definition) is 23. The van der Waals surface area contributed by atoms with E-state index in [1.165, 1.54) is 67.8 Å². The molecule has 20 nitrogen and oxygen atoms in total. The number of aliphatic carboxylic acids is 2. The van der Waals surface area contributed by atoms with Gasteiger partial charge in [-0.05, 0) is 60.7 Å². The lowest BCUT2D eigenvalue weighted by Crippen LogP contribution is -2.35. The van der Waals surface area contributed by atoms with Gasteiger partial charge in [0, 0.05) is 17.9 Å². The highest BCUT2D eigenvalue weighted by atomic mass is 32.1. The number of anilines is 2. The van der Waals surface area contributed by atoms with E-state index in [0.717, 1.165) is 90.5 Å². The molecule has 9 aromatic rings. The first-order valence-electron chi connectivity index (χ1n) is 28.0. The van der Waals surface area contributed by atoms with E-state index in [1.54, 1.807) is 28.7 Å². The van der Waals surface area contributed by atoms with Crippen LogP contribution in [0.1, 0.15) is 22.9 Å². The van der Waals surface area contributed by atoms with Gasteiger partial charge in [0.15, 0.2) is 69.0 Å². The molecule has 27 heteroatoms. The number of carboxylic acids is 2. The van der Waals surface area contributed by atoms with Gasteiger partial charge in [0.2, 0.25) is 0 Å². The Kier molecular flexibility index (Phi) is 13.8. The van der Waals surface area contributed by atoms with E-state index in [2.05, 4.69) is 59.1 Å². The van der Waals surface area contributed by atoms with Crippen LogP contribution in [-0.2, 0) is 29.0 Å². The molecule has 448 valence electrons. The smallest absolute Gasteiger partial charge is 0.336 e. The molecule has 88 heavy (non-hydrogen) atoms. The van der Waals surface area contributed by atoms with Gasteiger partial charge >= 0.3 is 17.6 Å². The van der Waals surface area contributed by atoms with E-state index in [4.69, 9.17) is 68.8 Å². The van der Waals surface area contributed by atoms with Crippen molar-refractivity contribution in [2.24, 2.45) is 0 Å². The van der Waals surface area contributed by atoms with Gasteiger partial charge in [0.1, 0.15) is 96.0 Å². The zero-order valence-corrected chi connectivity index (χ0v) is 52.0. The number of fused-ring (bicyclic) bond motifs is 8. The van der Waals surface area contributed by atoms with Crippen molar-refractivity contribution >= 4 is 114 Å². The predicted molar refractivity (Wildman–Crippen MR) is 335 cm³/mol. The molecule has 2 aromatic carbocycles. The van der Waals surface area contributed by atoms with Gasteiger partial charge in [-0.1, -0.05) is 24.3 Å². The van der Waals surface area contributed by atoms with Crippen molar-refractivity contribution in [3.05, 3.63) is 84.6 Å². The molecule has 0 amide bonds. The number of carboxylic acid groups (broad SMARTS) is 2. The minimum absolute atomic E-state index is 0.168. The van der Waals surface area contributed by atoms with Crippen molar-refractivity contribution < 1.29 is 76.6 Å². The molecular formula is C61H46N4O16S7. The van der Waals surface area contributed by atoms with Gasteiger partial charge in [-0.25, -0.2) is 4.85 Å². The third-order valence-corrected chi connectivity index (χ3v) is 24.2. The Balaban J connectivity index is 0.800. The van der Waals surface area contributed by atoms with E-state index in [1.807, 2.05) is 0 Å². The van der Waals surface area contributed by atoms with E-state index >= 15 is 0 Å². The zero-order chi connectivity index (χ0) is 59.5. The van der Waals surface area contributed by atoms with Crippen LogP contribution in [0.25, 0.3) is 75.8 Å². The second-order valence-electron chi connectivity index (χ2n) is 20.5. The minimum atomic E-state index is -1.54. The summed E-state index contributed by atoms with van der Waals surface area (Å²) >= 11 is 9.74. The molecule has 0 aliphatic carbocycles. The normalized spacial score (nSPS) is 16.3. The van der Waals surface area contributed by atoms with Crippen LogP contribution in [0.5, 0.6) is 69.0 Å². The fourth-order valence-electron chi connectivity index (χ4n) is 11.7. The lowest BCUT2D eigenvalue weighted by molar-refractivity contribution is -0.138. The monoisotopic (exact) mass is 1310 g/mol. The summed E-state index contributed by atoms with van der Waals surface area (Å²) in [6.45, 7) is 13.7. The lowest BCUT2D eigenvalue weighted by Gasteiger charge is -2.25. The number of benzene rings is 2. The van der Waals surface area contributed by atoms with Crippen molar-refractivity contribution in [1.29, 1.82) is 5.41 Å². The Hall–Kier alpha value is -8.36. The number of aromatic nitrogens is 1. The lowest BCUT2D eigenvalue weighted by atomic mass is 10.0. The molecular weight excluding hydrogens is 1270 g/mol. The topological polar surface area (TPSA) is 222 Å². The number of ether oxygens (including phenoxy) is 12. The maximum atomic E-state index is 12.1. The van der Waals surface area contributed by atoms with Gasteiger partial charge in [-0.3, -0.25) is 15.0 Å². The first-order valence-corrected chi connectivity index (χ1v) is 33.7. The maximum Gasteiger partial charge on any atom is 0.336 e. The average molecular weight is 1320 g/mol. The molecule has 0 fully saturated rings. The number of aryl methyl sites for hydroxylation is 2. The van der Waals surface area contributed by atoms with Gasteiger partial charge in [0.05, 0.1) is 69.6 Å². The van der Waals surface area contributed by atoms with Crippen molar-refractivity contribution in [1.82, 2.24) is 4.57 Å². The molecule has 7 aliphatic heterocycles. The molecule has 0 saturated carbocycles. The number of para-hydroxylation sites is 1. The van der Waals surface area contributed by atoms with Gasteiger partial charge < -0.3 is 76.5 Å². The van der Waals surface area contributed by atoms with Crippen LogP contribution in [0.4, 0.5) is 11.4 Å². The third kappa shape index (κ3) is 8.88. The standard InChI is InChI=1S/C61H46N4O16S7/c1-3-64-30-7-5-4-6-27(30)8-9-28-24-29(10-11-31(28)64)48-38-39(73-15-14-72-38)51(84-48)52-42-43(77-19-18-76-42)55(86-52)56-46-47(81-23-22-80-46)58(88-56)57-45-44(78-20-21-79-45)54(87-57)53-41-40(74-16-17-75-41)50(85-53)49-37-36(70-12-13-71-37)32(82-49)25-33-59(62)65(26-34(66)67)60(83-33)35(63-2)61(68)69/h4-7,10-11,24-25,62H,3,8-9,12-23,26H2,1H3,(H,66,67)(H,68,69). The number of nitrogens with zero attached hydrogens (tertiary/aromatic N) is 3. The van der Waals surface area contributed by atoms with Crippen molar-refractivity contribution in [3.8, 4) is 128 Å². The van der Waals surface area contributed by atoms with Crippen LogP contribution in [0.3, 0.4) is 0 Å². The molecule has 14 heterocycles. The minimum Gasteiger partial charge on any atom is -0.486 e. The molecule has 7 aliphatic rings. The number of rotatable bonds is 11. The van der Waals surface area contributed by atoms with E-state index in [-0.39, 0.29) is 41.1 Å². The van der Waals surface area contributed by atoms with Gasteiger partial charge in [-0.15, -0.1) is 79.4 Å². The Morgan fingerprint density at radius 2 is 0.886 bits per heavy atom. The van der Waals surface area contributed by atoms with Crippen molar-refractivity contribution in [2.75, 3.05) is 90.7 Å². The second-order valence-corrected chi connectivity index (χ2v) is 27.6. The second kappa shape index (κ2) is 22.0. The summed E-state index contributed by atoms with van der Waals surface area (Å²) in [6.07, 6.45) is 3.47. The molecule has 16 rings (SSSR count). The molecule has 0 atom stereocenters. The zero-order valence-electron chi connectivity index (χ0n) is 46.2. The number of thiophene rings is 6. The quantitative estimate of drug-likeness (QED) is 0.102. The van der Waals surface area contributed by atoms with Crippen LogP contribution in [-0.4, -0.2) is 113 Å².